The van der Waals surface area contributed by atoms with Crippen LogP contribution in [0, 0.1) is 10.1 Å². The van der Waals surface area contributed by atoms with Gasteiger partial charge in [0.25, 0.3) is 5.69 Å². The fourth-order valence-electron chi connectivity index (χ4n) is 1.80. The summed E-state index contributed by atoms with van der Waals surface area (Å²) in [4.78, 5) is 13.1. The normalized spacial score (nSPS) is 12.7. The summed E-state index contributed by atoms with van der Waals surface area (Å²) >= 11 is 0. The molecular formula is C11H8N2O4. The molecule has 86 valence electrons. The van der Waals surface area contributed by atoms with Crippen LogP contribution < -0.4 is 9.47 Å². The number of nitrogens with zero attached hydrogens (tertiary/aromatic N) is 1. The highest BCUT2D eigenvalue weighted by Crippen LogP contribution is 2.38. The Morgan fingerprint density at radius 1 is 1.24 bits per heavy atom. The molecule has 0 saturated heterocycles. The molecule has 2 aromatic rings. The molecule has 1 aliphatic heterocycles. The van der Waals surface area contributed by atoms with Gasteiger partial charge >= 0.3 is 0 Å². The minimum atomic E-state index is -0.420. The van der Waals surface area contributed by atoms with Crippen LogP contribution in [0.4, 0.5) is 5.69 Å². The number of benzene rings is 1. The van der Waals surface area contributed by atoms with Crippen molar-refractivity contribution in [2.24, 2.45) is 0 Å². The van der Waals surface area contributed by atoms with E-state index in [2.05, 4.69) is 4.98 Å². The molecule has 6 heteroatoms. The number of H-pyrrole nitrogens is 1. The Balaban J connectivity index is 2.09. The third kappa shape index (κ3) is 1.50. The molecule has 0 amide bonds. The molecular weight excluding hydrogens is 224 g/mol. The minimum absolute atomic E-state index is 0.0452. The second-order valence-electron chi connectivity index (χ2n) is 3.58. The van der Waals surface area contributed by atoms with E-state index in [9.17, 15) is 10.1 Å². The molecule has 0 saturated carbocycles. The molecule has 0 aliphatic carbocycles. The molecule has 1 aromatic heterocycles. The van der Waals surface area contributed by atoms with E-state index in [0.29, 0.717) is 17.1 Å². The van der Waals surface area contributed by atoms with E-state index in [1.807, 2.05) is 0 Å². The van der Waals surface area contributed by atoms with Crippen molar-refractivity contribution in [2.75, 3.05) is 6.79 Å². The van der Waals surface area contributed by atoms with E-state index in [1.165, 1.54) is 6.20 Å². The number of hydrogen-bond donors (Lipinski definition) is 1. The molecule has 6 nitrogen and oxygen atoms in total. The van der Waals surface area contributed by atoms with Crippen molar-refractivity contribution in [3.8, 4) is 22.6 Å². The Kier molecular flexibility index (Phi) is 2.01. The van der Waals surface area contributed by atoms with Crippen molar-refractivity contribution >= 4 is 5.69 Å². The smallest absolute Gasteiger partial charge is 0.294 e. The predicted octanol–water partition coefficient (Wildman–Crippen LogP) is 2.32. The van der Waals surface area contributed by atoms with E-state index in [4.69, 9.17) is 9.47 Å². The van der Waals surface area contributed by atoms with E-state index >= 15 is 0 Å². The summed E-state index contributed by atoms with van der Waals surface area (Å²) in [5.74, 6) is 1.27. The number of nitrogens with one attached hydrogen (secondary N) is 1. The molecule has 0 atom stereocenters. The summed E-state index contributed by atoms with van der Waals surface area (Å²) in [6.07, 6.45) is 2.95. The molecule has 17 heavy (non-hydrogen) atoms. The second kappa shape index (κ2) is 3.51. The van der Waals surface area contributed by atoms with E-state index in [1.54, 1.807) is 24.4 Å². The minimum Gasteiger partial charge on any atom is -0.454 e. The predicted molar refractivity (Wildman–Crippen MR) is 59.0 cm³/mol. The first-order valence-electron chi connectivity index (χ1n) is 4.97. The maximum Gasteiger partial charge on any atom is 0.294 e. The van der Waals surface area contributed by atoms with Crippen LogP contribution in [-0.2, 0) is 0 Å². The Morgan fingerprint density at radius 2 is 2.06 bits per heavy atom. The van der Waals surface area contributed by atoms with Crippen molar-refractivity contribution in [2.45, 2.75) is 0 Å². The molecule has 1 aliphatic rings. The van der Waals surface area contributed by atoms with Crippen molar-refractivity contribution < 1.29 is 14.4 Å². The maximum absolute atomic E-state index is 10.8. The topological polar surface area (TPSA) is 77.4 Å². The summed E-state index contributed by atoms with van der Waals surface area (Å²) in [6, 6.07) is 5.25. The van der Waals surface area contributed by atoms with Gasteiger partial charge in [0.05, 0.1) is 16.7 Å². The third-order valence-electron chi connectivity index (χ3n) is 2.60. The number of hydrogen-bond acceptors (Lipinski definition) is 4. The lowest BCUT2D eigenvalue weighted by molar-refractivity contribution is -0.384. The highest BCUT2D eigenvalue weighted by atomic mass is 16.7. The Hall–Kier alpha value is -2.50. The van der Waals surface area contributed by atoms with E-state index < -0.39 is 4.92 Å². The van der Waals surface area contributed by atoms with Crippen LogP contribution in [0.25, 0.3) is 11.1 Å². The van der Waals surface area contributed by atoms with Gasteiger partial charge in [-0.25, -0.2) is 0 Å². The first kappa shape index (κ1) is 9.71. The number of fused-ring (bicyclic) bond motifs is 1. The van der Waals surface area contributed by atoms with Crippen molar-refractivity contribution in [3.63, 3.8) is 0 Å². The number of aromatic nitrogens is 1. The maximum atomic E-state index is 10.8. The number of rotatable bonds is 2. The summed E-state index contributed by atoms with van der Waals surface area (Å²) in [6.45, 7) is 0.189. The molecule has 0 radical (unpaired) electrons. The van der Waals surface area contributed by atoms with Gasteiger partial charge in [0.15, 0.2) is 11.5 Å². The first-order chi connectivity index (χ1) is 8.25. The molecule has 3 rings (SSSR count). The summed E-state index contributed by atoms with van der Waals surface area (Å²) < 4.78 is 10.4. The molecule has 1 N–H and O–H groups in total. The quantitative estimate of drug-likeness (QED) is 0.636. The fraction of sp³-hybridized carbons (Fsp3) is 0.0909. The zero-order valence-corrected chi connectivity index (χ0v) is 8.67. The van der Waals surface area contributed by atoms with Crippen LogP contribution in [0.15, 0.2) is 30.6 Å². The molecule has 0 fully saturated rings. The number of aromatic amines is 1. The molecule has 2 heterocycles. The van der Waals surface area contributed by atoms with Gasteiger partial charge in [0.2, 0.25) is 6.79 Å². The average Bonchev–Trinajstić information content (AvgIpc) is 2.96. The van der Waals surface area contributed by atoms with Gasteiger partial charge in [-0.2, -0.15) is 0 Å². The lowest BCUT2D eigenvalue weighted by Gasteiger charge is -2.00. The van der Waals surface area contributed by atoms with Gasteiger partial charge in [0, 0.05) is 6.20 Å². The van der Waals surface area contributed by atoms with Crippen LogP contribution in [-0.4, -0.2) is 16.7 Å². The van der Waals surface area contributed by atoms with Gasteiger partial charge in [-0.3, -0.25) is 10.1 Å². The second-order valence-corrected chi connectivity index (χ2v) is 3.58. The Labute approximate surface area is 95.9 Å². The molecule has 1 aromatic carbocycles. The Morgan fingerprint density at radius 3 is 2.88 bits per heavy atom. The SMILES string of the molecule is O=[N+]([O-])c1c[nH]cc1-c1ccc2c(c1)OCO2. The third-order valence-corrected chi connectivity index (χ3v) is 2.60. The fourth-order valence-corrected chi connectivity index (χ4v) is 1.80. The number of nitro groups is 1. The van der Waals surface area contributed by atoms with Crippen LogP contribution >= 0.6 is 0 Å². The standard InChI is InChI=1S/C11H8N2O4/c14-13(15)9-5-12-4-8(9)7-1-2-10-11(3-7)17-6-16-10/h1-5,12H,6H2. The van der Waals surface area contributed by atoms with Crippen molar-refractivity contribution in [1.82, 2.24) is 4.98 Å². The van der Waals surface area contributed by atoms with Crippen molar-refractivity contribution in [1.29, 1.82) is 0 Å². The molecule has 0 unspecified atom stereocenters. The van der Waals surface area contributed by atoms with Gasteiger partial charge in [-0.15, -0.1) is 0 Å². The van der Waals surface area contributed by atoms with Crippen molar-refractivity contribution in [3.05, 3.63) is 40.7 Å². The van der Waals surface area contributed by atoms with Crippen LogP contribution in [0.2, 0.25) is 0 Å². The van der Waals surface area contributed by atoms with Gasteiger partial charge in [0.1, 0.15) is 0 Å². The highest BCUT2D eigenvalue weighted by Gasteiger charge is 2.19. The zero-order chi connectivity index (χ0) is 11.8. The lowest BCUT2D eigenvalue weighted by atomic mass is 10.1. The largest absolute Gasteiger partial charge is 0.454 e. The van der Waals surface area contributed by atoms with Gasteiger partial charge in [-0.05, 0) is 17.7 Å². The molecule has 0 spiro atoms. The zero-order valence-electron chi connectivity index (χ0n) is 8.67. The summed E-state index contributed by atoms with van der Waals surface area (Å²) in [5.41, 5.74) is 1.30. The lowest BCUT2D eigenvalue weighted by Crippen LogP contribution is -1.92. The average molecular weight is 232 g/mol. The van der Waals surface area contributed by atoms with Crippen LogP contribution in [0.3, 0.4) is 0 Å². The summed E-state index contributed by atoms with van der Waals surface area (Å²) in [7, 11) is 0. The van der Waals surface area contributed by atoms with Gasteiger partial charge in [-0.1, -0.05) is 6.07 Å². The summed E-state index contributed by atoms with van der Waals surface area (Å²) in [5, 5.41) is 10.8. The monoisotopic (exact) mass is 232 g/mol. The molecule has 0 bridgehead atoms. The highest BCUT2D eigenvalue weighted by molar-refractivity contribution is 5.75. The Bertz CT molecular complexity index is 591. The van der Waals surface area contributed by atoms with E-state index in [-0.39, 0.29) is 12.5 Å². The first-order valence-corrected chi connectivity index (χ1v) is 4.97. The number of ether oxygens (including phenoxy) is 2. The van der Waals surface area contributed by atoms with E-state index in [0.717, 1.165) is 5.56 Å². The van der Waals surface area contributed by atoms with Crippen LogP contribution in [0.5, 0.6) is 11.5 Å². The van der Waals surface area contributed by atoms with Gasteiger partial charge < -0.3 is 14.5 Å². The van der Waals surface area contributed by atoms with Crippen LogP contribution in [0.1, 0.15) is 0 Å².